The Morgan fingerprint density at radius 3 is 2.48 bits per heavy atom. The predicted molar refractivity (Wildman–Crippen MR) is 130 cm³/mol. The second-order valence-electron chi connectivity index (χ2n) is 8.75. The number of carbonyl (C=O) groups is 2. The molecule has 2 aromatic rings. The van der Waals surface area contributed by atoms with Crippen molar-refractivity contribution in [3.63, 3.8) is 0 Å². The first kappa shape index (κ1) is 23.3. The molecule has 0 spiro atoms. The van der Waals surface area contributed by atoms with Crippen LogP contribution >= 0.6 is 11.6 Å². The van der Waals surface area contributed by atoms with Crippen molar-refractivity contribution in [1.29, 1.82) is 0 Å². The normalized spacial score (nSPS) is 16.7. The van der Waals surface area contributed by atoms with Gasteiger partial charge in [0.15, 0.2) is 0 Å². The first-order valence-corrected chi connectivity index (χ1v) is 11.9. The van der Waals surface area contributed by atoms with Crippen molar-refractivity contribution in [2.45, 2.75) is 39.7 Å². The third-order valence-corrected chi connectivity index (χ3v) is 6.60. The number of carbonyl (C=O) groups excluding carboxylic acids is 2. The van der Waals surface area contributed by atoms with Crippen molar-refractivity contribution in [2.75, 3.05) is 49.5 Å². The van der Waals surface area contributed by atoms with Gasteiger partial charge in [-0.05, 0) is 30.0 Å². The molecule has 2 aliphatic rings. The van der Waals surface area contributed by atoms with Gasteiger partial charge in [-0.25, -0.2) is 4.98 Å². The Morgan fingerprint density at radius 2 is 1.85 bits per heavy atom. The summed E-state index contributed by atoms with van der Waals surface area (Å²) in [5, 5.41) is 4.06. The van der Waals surface area contributed by atoms with Crippen LogP contribution in [0.5, 0.6) is 0 Å². The van der Waals surface area contributed by atoms with Crippen molar-refractivity contribution in [3.8, 4) is 0 Å². The van der Waals surface area contributed by atoms with Gasteiger partial charge in [0.2, 0.25) is 11.9 Å². The number of halogens is 1. The largest absolute Gasteiger partial charge is 0.354 e. The molecule has 0 radical (unpaired) electrons. The molecule has 1 saturated heterocycles. The van der Waals surface area contributed by atoms with Gasteiger partial charge in [-0.1, -0.05) is 37.6 Å². The maximum Gasteiger partial charge on any atom is 0.273 e. The van der Waals surface area contributed by atoms with Crippen molar-refractivity contribution < 1.29 is 9.59 Å². The van der Waals surface area contributed by atoms with Crippen molar-refractivity contribution in [2.24, 2.45) is 0 Å². The van der Waals surface area contributed by atoms with E-state index >= 15 is 0 Å². The van der Waals surface area contributed by atoms with Gasteiger partial charge in [-0.2, -0.15) is 4.98 Å². The van der Waals surface area contributed by atoms with Crippen LogP contribution in [0.4, 0.5) is 11.8 Å². The Kier molecular flexibility index (Phi) is 7.02. The molecule has 1 fully saturated rings. The molecule has 1 N–H and O–H groups in total. The van der Waals surface area contributed by atoms with Gasteiger partial charge in [-0.3, -0.25) is 9.59 Å². The van der Waals surface area contributed by atoms with E-state index in [9.17, 15) is 9.59 Å². The minimum absolute atomic E-state index is 0.0355. The van der Waals surface area contributed by atoms with E-state index in [1.54, 1.807) is 6.92 Å². The van der Waals surface area contributed by atoms with Gasteiger partial charge in [-0.15, -0.1) is 0 Å². The molecule has 4 rings (SSSR count). The topological polar surface area (TPSA) is 81.7 Å². The summed E-state index contributed by atoms with van der Waals surface area (Å²) in [4.78, 5) is 40.1. The van der Waals surface area contributed by atoms with Crippen molar-refractivity contribution in [1.82, 2.24) is 19.8 Å². The SMILES string of the molecule is CCCN1Cc2c(nc(NCC(C)c3ccc(Cl)cc3)nc2N2CCN(C(C)=O)CC2)C1=O. The standard InChI is InChI=1S/C24H31ClN6O2/c1-4-9-31-15-20-21(23(31)33)27-24(26-14-16(2)18-5-7-19(25)8-6-18)28-22(20)30-12-10-29(11-13-30)17(3)32/h5-8,16H,4,9-15H2,1-3H3,(H,26,27,28). The average Bonchev–Trinajstić information content (AvgIpc) is 3.13. The molecule has 2 amide bonds. The van der Waals surface area contributed by atoms with Crippen LogP contribution in [0.2, 0.25) is 5.02 Å². The summed E-state index contributed by atoms with van der Waals surface area (Å²) in [6, 6.07) is 7.81. The molecule has 0 bridgehead atoms. The molecule has 1 aromatic heterocycles. The Labute approximate surface area is 199 Å². The summed E-state index contributed by atoms with van der Waals surface area (Å²) < 4.78 is 0. The van der Waals surface area contributed by atoms with Crippen LogP contribution in [0.3, 0.4) is 0 Å². The molecule has 176 valence electrons. The summed E-state index contributed by atoms with van der Waals surface area (Å²) in [6.45, 7) is 10.3. The van der Waals surface area contributed by atoms with Gasteiger partial charge in [0.25, 0.3) is 5.91 Å². The van der Waals surface area contributed by atoms with Gasteiger partial charge in [0, 0.05) is 56.8 Å². The van der Waals surface area contributed by atoms with E-state index in [0.29, 0.717) is 62.5 Å². The number of benzene rings is 1. The van der Waals surface area contributed by atoms with E-state index in [4.69, 9.17) is 16.6 Å². The summed E-state index contributed by atoms with van der Waals surface area (Å²) in [5.74, 6) is 1.54. The first-order chi connectivity index (χ1) is 15.9. The number of piperazine rings is 1. The van der Waals surface area contributed by atoms with E-state index in [0.717, 1.165) is 17.8 Å². The van der Waals surface area contributed by atoms with Gasteiger partial charge in [0.05, 0.1) is 6.54 Å². The lowest BCUT2D eigenvalue weighted by Crippen LogP contribution is -2.48. The fourth-order valence-corrected chi connectivity index (χ4v) is 4.51. The number of hydrogen-bond acceptors (Lipinski definition) is 6. The molecule has 8 nitrogen and oxygen atoms in total. The molecular formula is C24H31ClN6O2. The highest BCUT2D eigenvalue weighted by Crippen LogP contribution is 2.31. The predicted octanol–water partition coefficient (Wildman–Crippen LogP) is 3.38. The number of hydrogen-bond donors (Lipinski definition) is 1. The molecule has 1 atom stereocenters. The zero-order valence-corrected chi connectivity index (χ0v) is 20.2. The second kappa shape index (κ2) is 9.95. The third kappa shape index (κ3) is 5.05. The van der Waals surface area contributed by atoms with E-state index in [-0.39, 0.29) is 17.7 Å². The molecule has 3 heterocycles. The van der Waals surface area contributed by atoms with E-state index in [1.165, 1.54) is 5.56 Å². The molecule has 0 saturated carbocycles. The van der Waals surface area contributed by atoms with Crippen LogP contribution in [0.15, 0.2) is 24.3 Å². The summed E-state index contributed by atoms with van der Waals surface area (Å²) in [5.41, 5.74) is 2.55. The summed E-state index contributed by atoms with van der Waals surface area (Å²) in [7, 11) is 0. The maximum atomic E-state index is 13.0. The Hall–Kier alpha value is -2.87. The highest BCUT2D eigenvalue weighted by atomic mass is 35.5. The number of nitrogens with zero attached hydrogens (tertiary/aromatic N) is 5. The lowest BCUT2D eigenvalue weighted by Gasteiger charge is -2.35. The van der Waals surface area contributed by atoms with Crippen LogP contribution in [0, 0.1) is 0 Å². The summed E-state index contributed by atoms with van der Waals surface area (Å²) >= 11 is 6.01. The average molecular weight is 471 g/mol. The molecule has 1 unspecified atom stereocenters. The number of anilines is 2. The molecule has 33 heavy (non-hydrogen) atoms. The van der Waals surface area contributed by atoms with Crippen LogP contribution in [0.1, 0.15) is 54.7 Å². The Morgan fingerprint density at radius 1 is 1.15 bits per heavy atom. The van der Waals surface area contributed by atoms with Gasteiger partial charge >= 0.3 is 0 Å². The molecule has 1 aromatic carbocycles. The Bertz CT molecular complexity index is 1020. The second-order valence-corrected chi connectivity index (χ2v) is 9.19. The number of nitrogens with one attached hydrogen (secondary N) is 1. The lowest BCUT2D eigenvalue weighted by atomic mass is 10.0. The zero-order chi connectivity index (χ0) is 23.5. The number of rotatable bonds is 7. The van der Waals surface area contributed by atoms with E-state index in [2.05, 4.69) is 29.0 Å². The smallest absolute Gasteiger partial charge is 0.273 e. The minimum Gasteiger partial charge on any atom is -0.354 e. The third-order valence-electron chi connectivity index (χ3n) is 6.35. The quantitative estimate of drug-likeness (QED) is 0.668. The summed E-state index contributed by atoms with van der Waals surface area (Å²) in [6.07, 6.45) is 0.892. The first-order valence-electron chi connectivity index (χ1n) is 11.6. The van der Waals surface area contributed by atoms with Gasteiger partial charge < -0.3 is 20.0 Å². The monoisotopic (exact) mass is 470 g/mol. The fourth-order valence-electron chi connectivity index (χ4n) is 4.38. The van der Waals surface area contributed by atoms with Crippen LogP contribution < -0.4 is 10.2 Å². The highest BCUT2D eigenvalue weighted by molar-refractivity contribution is 6.30. The fraction of sp³-hybridized carbons (Fsp3) is 0.500. The lowest BCUT2D eigenvalue weighted by molar-refractivity contribution is -0.129. The molecule has 0 aliphatic carbocycles. The number of aromatic nitrogens is 2. The Balaban J connectivity index is 1.57. The van der Waals surface area contributed by atoms with Crippen LogP contribution in [0.25, 0.3) is 0 Å². The molecule has 2 aliphatic heterocycles. The minimum atomic E-state index is -0.0355. The highest BCUT2D eigenvalue weighted by Gasteiger charge is 2.34. The van der Waals surface area contributed by atoms with Crippen molar-refractivity contribution in [3.05, 3.63) is 46.1 Å². The van der Waals surface area contributed by atoms with E-state index < -0.39 is 0 Å². The number of fused-ring (bicyclic) bond motifs is 1. The molecule has 9 heteroatoms. The van der Waals surface area contributed by atoms with E-state index in [1.807, 2.05) is 34.1 Å². The van der Waals surface area contributed by atoms with Crippen molar-refractivity contribution >= 4 is 35.2 Å². The number of amides is 2. The molecular weight excluding hydrogens is 440 g/mol. The zero-order valence-electron chi connectivity index (χ0n) is 19.5. The van der Waals surface area contributed by atoms with Crippen LogP contribution in [-0.2, 0) is 11.3 Å². The van der Waals surface area contributed by atoms with Crippen LogP contribution in [-0.4, -0.2) is 70.9 Å². The maximum absolute atomic E-state index is 13.0. The van der Waals surface area contributed by atoms with Gasteiger partial charge in [0.1, 0.15) is 11.5 Å².